The molecule has 112 valence electrons. The average molecular weight is 320 g/mol. The highest BCUT2D eigenvalue weighted by Crippen LogP contribution is 2.24. The summed E-state index contributed by atoms with van der Waals surface area (Å²) in [6, 6.07) is -0.317. The number of rotatable bonds is 4. The van der Waals surface area contributed by atoms with Gasteiger partial charge in [0.15, 0.2) is 9.84 Å². The largest absolute Gasteiger partial charge is 0.339 e. The fourth-order valence-corrected chi connectivity index (χ4v) is 5.00. The molecule has 2 aliphatic heterocycles. The number of thioether (sulfide) groups is 1. The Morgan fingerprint density at radius 3 is 2.60 bits per heavy atom. The van der Waals surface area contributed by atoms with Gasteiger partial charge >= 0.3 is 0 Å². The summed E-state index contributed by atoms with van der Waals surface area (Å²) in [5.41, 5.74) is 0. The first-order valence-corrected chi connectivity index (χ1v) is 9.04. The zero-order chi connectivity index (χ0) is 14.9. The summed E-state index contributed by atoms with van der Waals surface area (Å²) in [6.45, 7) is 2.17. The summed E-state index contributed by atoms with van der Waals surface area (Å²) in [5, 5.41) is 0.979. The van der Waals surface area contributed by atoms with Gasteiger partial charge in [0.1, 0.15) is 5.25 Å². The van der Waals surface area contributed by atoms with Crippen LogP contribution in [0.2, 0.25) is 0 Å². The van der Waals surface area contributed by atoms with Crippen molar-refractivity contribution in [1.29, 1.82) is 0 Å². The van der Waals surface area contributed by atoms with E-state index in [0.717, 1.165) is 11.8 Å². The summed E-state index contributed by atoms with van der Waals surface area (Å²) in [7, 11) is -3.06. The molecule has 2 unspecified atom stereocenters. The maximum absolute atomic E-state index is 12.2. The molecule has 0 radical (unpaired) electrons. The van der Waals surface area contributed by atoms with Crippen molar-refractivity contribution >= 4 is 38.7 Å². The molecule has 2 saturated heterocycles. The molecule has 0 aromatic heterocycles. The van der Waals surface area contributed by atoms with E-state index in [-0.39, 0.29) is 29.9 Å². The van der Waals surface area contributed by atoms with Crippen LogP contribution in [0.25, 0.3) is 0 Å². The number of amides is 3. The molecule has 2 atom stereocenters. The van der Waals surface area contributed by atoms with E-state index in [4.69, 9.17) is 0 Å². The van der Waals surface area contributed by atoms with E-state index >= 15 is 0 Å². The normalized spacial score (nSPS) is 28.4. The monoisotopic (exact) mass is 320 g/mol. The minimum atomic E-state index is -3.06. The van der Waals surface area contributed by atoms with E-state index in [0.29, 0.717) is 13.0 Å². The average Bonchev–Trinajstić information content (AvgIpc) is 2.83. The van der Waals surface area contributed by atoms with E-state index in [9.17, 15) is 22.8 Å². The topological polar surface area (TPSA) is 101 Å². The van der Waals surface area contributed by atoms with Gasteiger partial charge in [-0.25, -0.2) is 8.42 Å². The number of sulfone groups is 1. The molecule has 9 heteroatoms. The van der Waals surface area contributed by atoms with Crippen molar-refractivity contribution < 1.29 is 22.8 Å². The summed E-state index contributed by atoms with van der Waals surface area (Å²) < 4.78 is 22.9. The second-order valence-electron chi connectivity index (χ2n) is 4.82. The molecule has 0 aromatic carbocycles. The lowest BCUT2D eigenvalue weighted by molar-refractivity contribution is -0.134. The smallest absolute Gasteiger partial charge is 0.286 e. The summed E-state index contributed by atoms with van der Waals surface area (Å²) in [4.78, 5) is 36.2. The number of imide groups is 1. The van der Waals surface area contributed by atoms with Crippen molar-refractivity contribution in [2.75, 3.05) is 18.1 Å². The minimum Gasteiger partial charge on any atom is -0.339 e. The Bertz CT molecular complexity index is 545. The molecule has 2 aliphatic rings. The van der Waals surface area contributed by atoms with Gasteiger partial charge < -0.3 is 4.90 Å². The van der Waals surface area contributed by atoms with E-state index in [1.54, 1.807) is 6.92 Å². The van der Waals surface area contributed by atoms with Crippen LogP contribution >= 0.6 is 11.8 Å². The molecular formula is C11H16N2O5S2. The second-order valence-corrected chi connectivity index (χ2v) is 8.23. The highest BCUT2D eigenvalue weighted by atomic mass is 32.2. The van der Waals surface area contributed by atoms with Gasteiger partial charge in [0.25, 0.3) is 5.24 Å². The number of carbonyl (C=O) groups excluding carboxylic acids is 3. The fraction of sp³-hybridized carbons (Fsp3) is 0.727. The summed E-state index contributed by atoms with van der Waals surface area (Å²) in [5.74, 6) is -0.658. The molecule has 20 heavy (non-hydrogen) atoms. The quantitative estimate of drug-likeness (QED) is 0.767. The first kappa shape index (κ1) is 15.3. The van der Waals surface area contributed by atoms with Gasteiger partial charge in [-0.2, -0.15) is 0 Å². The Morgan fingerprint density at radius 1 is 1.45 bits per heavy atom. The number of carbonyl (C=O) groups is 3. The zero-order valence-electron chi connectivity index (χ0n) is 11.0. The Kier molecular flexibility index (Phi) is 4.38. The van der Waals surface area contributed by atoms with Gasteiger partial charge in [-0.05, 0) is 13.3 Å². The van der Waals surface area contributed by atoms with E-state index in [1.807, 2.05) is 0 Å². The third kappa shape index (κ3) is 3.32. The Balaban J connectivity index is 1.99. The molecule has 0 aliphatic carbocycles. The van der Waals surface area contributed by atoms with Crippen molar-refractivity contribution in [3.05, 3.63) is 0 Å². The lowest BCUT2D eigenvalue weighted by Gasteiger charge is -2.27. The molecule has 2 rings (SSSR count). The molecule has 0 aromatic rings. The molecule has 0 saturated carbocycles. The van der Waals surface area contributed by atoms with Crippen molar-refractivity contribution in [2.24, 2.45) is 0 Å². The van der Waals surface area contributed by atoms with Crippen LogP contribution in [0.3, 0.4) is 0 Å². The third-order valence-corrected chi connectivity index (χ3v) is 6.17. The first-order chi connectivity index (χ1) is 9.32. The standard InChI is InChI=1S/C11H16N2O5S2/c1-2-13(7-3-4-20(17,18)6-7)9(14)5-8-10(15)12-11(16)19-8/h7-8H,2-6H2,1H3,(H,12,15,16). The van der Waals surface area contributed by atoms with Crippen molar-refractivity contribution in [3.63, 3.8) is 0 Å². The summed E-state index contributed by atoms with van der Waals surface area (Å²) in [6.07, 6.45) is 0.359. The Labute approximate surface area is 121 Å². The van der Waals surface area contributed by atoms with Crippen LogP contribution in [0.15, 0.2) is 0 Å². The highest BCUT2D eigenvalue weighted by Gasteiger charge is 2.38. The highest BCUT2D eigenvalue weighted by molar-refractivity contribution is 8.15. The molecular weight excluding hydrogens is 304 g/mol. The van der Waals surface area contributed by atoms with Gasteiger partial charge in [0.05, 0.1) is 11.5 Å². The fourth-order valence-electron chi connectivity index (χ4n) is 2.46. The van der Waals surface area contributed by atoms with Gasteiger partial charge in [-0.1, -0.05) is 11.8 Å². The SMILES string of the molecule is CCN(C(=O)CC1SC(=O)NC1=O)C1CCS(=O)(=O)C1. The van der Waals surface area contributed by atoms with Crippen molar-refractivity contribution in [1.82, 2.24) is 10.2 Å². The maximum Gasteiger partial charge on any atom is 0.286 e. The van der Waals surface area contributed by atoms with Crippen LogP contribution in [0, 0.1) is 0 Å². The van der Waals surface area contributed by atoms with Crippen LogP contribution < -0.4 is 5.32 Å². The van der Waals surface area contributed by atoms with Crippen LogP contribution in [-0.2, 0) is 19.4 Å². The molecule has 2 heterocycles. The lowest BCUT2D eigenvalue weighted by Crippen LogP contribution is -2.42. The predicted molar refractivity (Wildman–Crippen MR) is 74.0 cm³/mol. The molecule has 2 fully saturated rings. The molecule has 3 amide bonds. The number of hydrogen-bond donors (Lipinski definition) is 1. The van der Waals surface area contributed by atoms with E-state index in [1.165, 1.54) is 4.90 Å². The number of nitrogens with one attached hydrogen (secondary N) is 1. The van der Waals surface area contributed by atoms with Crippen molar-refractivity contribution in [2.45, 2.75) is 31.1 Å². The number of hydrogen-bond acceptors (Lipinski definition) is 6. The molecule has 0 spiro atoms. The Hall–Kier alpha value is -1.09. The Morgan fingerprint density at radius 2 is 2.15 bits per heavy atom. The van der Waals surface area contributed by atoms with Gasteiger partial charge in [-0.15, -0.1) is 0 Å². The van der Waals surface area contributed by atoms with Crippen LogP contribution in [-0.4, -0.2) is 59.7 Å². The zero-order valence-corrected chi connectivity index (χ0v) is 12.6. The summed E-state index contributed by atoms with van der Waals surface area (Å²) >= 11 is 0.807. The lowest BCUT2D eigenvalue weighted by atomic mass is 10.2. The molecule has 7 nitrogen and oxygen atoms in total. The van der Waals surface area contributed by atoms with Gasteiger partial charge in [0.2, 0.25) is 11.8 Å². The van der Waals surface area contributed by atoms with Crippen molar-refractivity contribution in [3.8, 4) is 0 Å². The first-order valence-electron chi connectivity index (χ1n) is 6.33. The minimum absolute atomic E-state index is 0.0183. The number of nitrogens with zero attached hydrogens (tertiary/aromatic N) is 1. The maximum atomic E-state index is 12.2. The molecule has 0 bridgehead atoms. The van der Waals surface area contributed by atoms with Crippen LogP contribution in [0.1, 0.15) is 19.8 Å². The molecule has 1 N–H and O–H groups in total. The predicted octanol–water partition coefficient (Wildman–Crippen LogP) is -0.236. The van der Waals surface area contributed by atoms with E-state index < -0.39 is 26.2 Å². The second kappa shape index (κ2) is 5.72. The van der Waals surface area contributed by atoms with Gasteiger partial charge in [-0.3, -0.25) is 19.7 Å². The van der Waals surface area contributed by atoms with E-state index in [2.05, 4.69) is 5.32 Å². The third-order valence-electron chi connectivity index (χ3n) is 3.44. The van der Waals surface area contributed by atoms with Crippen LogP contribution in [0.5, 0.6) is 0 Å². The van der Waals surface area contributed by atoms with Gasteiger partial charge in [0, 0.05) is 19.0 Å². The van der Waals surface area contributed by atoms with Crippen LogP contribution in [0.4, 0.5) is 4.79 Å².